The fourth-order valence-corrected chi connectivity index (χ4v) is 5.06. The fourth-order valence-electron chi connectivity index (χ4n) is 3.20. The lowest BCUT2D eigenvalue weighted by molar-refractivity contribution is -0.123. The minimum absolute atomic E-state index is 0.104. The molecule has 3 rings (SSSR count). The first-order chi connectivity index (χ1) is 15.3. The summed E-state index contributed by atoms with van der Waals surface area (Å²) in [5, 5.41) is 2.96. The molecule has 3 aromatic rings. The average molecular weight is 534 g/mol. The molecular weight excluding hydrogens is 508 g/mol. The Morgan fingerprint density at radius 3 is 2.19 bits per heavy atom. The first-order valence-corrected chi connectivity index (χ1v) is 13.5. The molecule has 0 heterocycles. The summed E-state index contributed by atoms with van der Waals surface area (Å²) in [5.74, 6) is -0.379. The van der Waals surface area contributed by atoms with Crippen molar-refractivity contribution in [3.63, 3.8) is 0 Å². The molecule has 0 aliphatic heterocycles. The van der Waals surface area contributed by atoms with E-state index in [-0.39, 0.29) is 23.3 Å². The van der Waals surface area contributed by atoms with E-state index in [0.717, 1.165) is 20.5 Å². The molecule has 0 aliphatic carbocycles. The molecule has 0 aliphatic rings. The van der Waals surface area contributed by atoms with E-state index < -0.39 is 16.1 Å². The zero-order chi connectivity index (χ0) is 23.1. The van der Waals surface area contributed by atoms with Crippen molar-refractivity contribution in [3.05, 3.63) is 94.5 Å². The number of halogens is 1. The van der Waals surface area contributed by atoms with Crippen LogP contribution in [0, 0.1) is 0 Å². The van der Waals surface area contributed by atoms with Gasteiger partial charge >= 0.3 is 0 Å². The zero-order valence-corrected chi connectivity index (χ0v) is 21.0. The number of hydrogen-bond acceptors (Lipinski definition) is 4. The van der Waals surface area contributed by atoms with Crippen molar-refractivity contribution in [2.24, 2.45) is 0 Å². The van der Waals surface area contributed by atoms with Crippen LogP contribution < -0.4 is 10.0 Å². The first kappa shape index (κ1) is 24.5. The van der Waals surface area contributed by atoms with Gasteiger partial charge < -0.3 is 5.32 Å². The first-order valence-electron chi connectivity index (χ1n) is 10.0. The maximum absolute atomic E-state index is 13.2. The molecule has 0 spiro atoms. The topological polar surface area (TPSA) is 75.3 Å². The highest BCUT2D eigenvalue weighted by Crippen LogP contribution is 2.20. The Labute approximate surface area is 202 Å². The van der Waals surface area contributed by atoms with Crippen LogP contribution in [0.15, 0.2) is 93.1 Å². The summed E-state index contributed by atoms with van der Waals surface area (Å²) in [7, 11) is -3.89. The van der Waals surface area contributed by atoms with Gasteiger partial charge in [0.15, 0.2) is 0 Å². The number of sulfonamides is 1. The van der Waals surface area contributed by atoms with E-state index in [1.807, 2.05) is 67.8 Å². The van der Waals surface area contributed by atoms with Gasteiger partial charge in [0, 0.05) is 9.37 Å². The molecule has 3 aromatic carbocycles. The van der Waals surface area contributed by atoms with E-state index in [0.29, 0.717) is 0 Å². The third kappa shape index (κ3) is 6.68. The Hall–Kier alpha value is -2.13. The largest absolute Gasteiger partial charge is 0.348 e. The minimum Gasteiger partial charge on any atom is -0.348 e. The van der Waals surface area contributed by atoms with Gasteiger partial charge in [-0.25, -0.2) is 8.42 Å². The summed E-state index contributed by atoms with van der Waals surface area (Å²) >= 11 is 4.96. The average Bonchev–Trinajstić information content (AvgIpc) is 2.79. The molecule has 5 nitrogen and oxygen atoms in total. The smallest absolute Gasteiger partial charge is 0.241 e. The molecule has 0 radical (unpaired) electrons. The highest BCUT2D eigenvalue weighted by molar-refractivity contribution is 9.10. The van der Waals surface area contributed by atoms with Gasteiger partial charge in [0.1, 0.15) is 6.04 Å². The molecule has 0 saturated heterocycles. The Kier molecular flexibility index (Phi) is 8.53. The summed E-state index contributed by atoms with van der Waals surface area (Å²) in [6.07, 6.45) is 2.24. The van der Waals surface area contributed by atoms with Gasteiger partial charge in [-0.15, -0.1) is 11.8 Å². The molecule has 2 atom stereocenters. The van der Waals surface area contributed by atoms with Gasteiger partial charge in [0.05, 0.1) is 10.9 Å². The molecule has 0 bridgehead atoms. The van der Waals surface area contributed by atoms with E-state index in [1.165, 1.54) is 12.1 Å². The molecule has 0 unspecified atom stereocenters. The summed E-state index contributed by atoms with van der Waals surface area (Å²) < 4.78 is 29.3. The summed E-state index contributed by atoms with van der Waals surface area (Å²) in [6, 6.07) is 22.4. The number of carbonyl (C=O) groups excluding carboxylic acids is 1. The van der Waals surface area contributed by atoms with Crippen LogP contribution in [0.3, 0.4) is 0 Å². The summed E-state index contributed by atoms with van der Waals surface area (Å²) in [6.45, 7) is 1.88. The van der Waals surface area contributed by atoms with Crippen LogP contribution in [0.5, 0.6) is 0 Å². The van der Waals surface area contributed by atoms with Gasteiger partial charge in [0.2, 0.25) is 15.9 Å². The van der Waals surface area contributed by atoms with Crippen LogP contribution in [0.2, 0.25) is 0 Å². The Balaban J connectivity index is 1.81. The zero-order valence-electron chi connectivity index (χ0n) is 17.8. The molecule has 0 aromatic heterocycles. The van der Waals surface area contributed by atoms with Gasteiger partial charge in [-0.05, 0) is 67.1 Å². The lowest BCUT2D eigenvalue weighted by Gasteiger charge is -2.22. The van der Waals surface area contributed by atoms with Crippen LogP contribution in [0.1, 0.15) is 24.1 Å². The fraction of sp³-hybridized carbons (Fsp3) is 0.208. The van der Waals surface area contributed by atoms with Crippen LogP contribution >= 0.6 is 27.7 Å². The van der Waals surface area contributed by atoms with Crippen molar-refractivity contribution < 1.29 is 13.2 Å². The number of hydrogen-bond donors (Lipinski definition) is 2. The number of carbonyl (C=O) groups is 1. The summed E-state index contributed by atoms with van der Waals surface area (Å²) in [4.78, 5) is 14.4. The van der Waals surface area contributed by atoms with Crippen LogP contribution in [0.4, 0.5) is 0 Å². The Morgan fingerprint density at radius 2 is 1.59 bits per heavy atom. The number of thioether (sulfide) groups is 1. The maximum atomic E-state index is 13.2. The van der Waals surface area contributed by atoms with E-state index in [1.54, 1.807) is 23.9 Å². The van der Waals surface area contributed by atoms with Crippen molar-refractivity contribution in [1.82, 2.24) is 10.0 Å². The quantitative estimate of drug-likeness (QED) is 0.383. The molecule has 168 valence electrons. The van der Waals surface area contributed by atoms with Crippen molar-refractivity contribution in [2.75, 3.05) is 6.26 Å². The third-order valence-corrected chi connectivity index (χ3v) is 7.75. The highest BCUT2D eigenvalue weighted by atomic mass is 79.9. The van der Waals surface area contributed by atoms with Gasteiger partial charge in [-0.1, -0.05) is 58.4 Å². The number of amides is 1. The second-order valence-electron chi connectivity index (χ2n) is 7.32. The van der Waals surface area contributed by atoms with Crippen LogP contribution in [-0.2, 0) is 21.2 Å². The Bertz CT molecular complexity index is 1140. The molecule has 32 heavy (non-hydrogen) atoms. The SMILES string of the molecule is CSc1ccc([C@H](C)NC(=O)[C@@H](Cc2ccccc2)NS(=O)(=O)c2ccc(Br)cc2)cc1. The van der Waals surface area contributed by atoms with Crippen molar-refractivity contribution in [3.8, 4) is 0 Å². The predicted molar refractivity (Wildman–Crippen MR) is 133 cm³/mol. The number of nitrogens with one attached hydrogen (secondary N) is 2. The molecule has 0 saturated carbocycles. The predicted octanol–water partition coefficient (Wildman–Crippen LogP) is 4.94. The Morgan fingerprint density at radius 1 is 0.969 bits per heavy atom. The maximum Gasteiger partial charge on any atom is 0.241 e. The van der Waals surface area contributed by atoms with E-state index in [4.69, 9.17) is 0 Å². The third-order valence-electron chi connectivity index (χ3n) is 5.00. The molecule has 8 heteroatoms. The van der Waals surface area contributed by atoms with E-state index >= 15 is 0 Å². The van der Waals surface area contributed by atoms with Crippen molar-refractivity contribution in [1.29, 1.82) is 0 Å². The standard InChI is InChI=1S/C24H25BrN2O3S2/c1-17(19-8-12-21(31-2)13-9-19)26-24(28)23(16-18-6-4-3-5-7-18)27-32(29,30)22-14-10-20(25)11-15-22/h3-15,17,23,27H,16H2,1-2H3,(H,26,28)/t17-,23+/m0/s1. The van der Waals surface area contributed by atoms with E-state index in [2.05, 4.69) is 26.0 Å². The van der Waals surface area contributed by atoms with Crippen LogP contribution in [-0.4, -0.2) is 26.6 Å². The molecule has 2 N–H and O–H groups in total. The second-order valence-corrected chi connectivity index (χ2v) is 10.8. The number of rotatable bonds is 9. The molecule has 1 amide bonds. The van der Waals surface area contributed by atoms with Crippen molar-refractivity contribution >= 4 is 43.6 Å². The lowest BCUT2D eigenvalue weighted by atomic mass is 10.0. The normalized spacial score (nSPS) is 13.3. The van der Waals surface area contributed by atoms with Crippen LogP contribution in [0.25, 0.3) is 0 Å². The van der Waals surface area contributed by atoms with Gasteiger partial charge in [-0.3, -0.25) is 4.79 Å². The monoisotopic (exact) mass is 532 g/mol. The van der Waals surface area contributed by atoms with E-state index in [9.17, 15) is 13.2 Å². The number of benzene rings is 3. The highest BCUT2D eigenvalue weighted by Gasteiger charge is 2.27. The van der Waals surface area contributed by atoms with Gasteiger partial charge in [0.25, 0.3) is 0 Å². The van der Waals surface area contributed by atoms with Crippen molar-refractivity contribution in [2.45, 2.75) is 35.2 Å². The molecular formula is C24H25BrN2O3S2. The van der Waals surface area contributed by atoms with Gasteiger partial charge in [-0.2, -0.15) is 4.72 Å². The molecule has 0 fully saturated rings. The second kappa shape index (κ2) is 11.1. The summed E-state index contributed by atoms with van der Waals surface area (Å²) in [5.41, 5.74) is 1.81. The lowest BCUT2D eigenvalue weighted by Crippen LogP contribution is -2.48. The minimum atomic E-state index is -3.89.